The molecule has 4 nitrogen and oxygen atoms in total. The molecule has 0 N–H and O–H groups in total. The minimum absolute atomic E-state index is 0.511. The summed E-state index contributed by atoms with van der Waals surface area (Å²) in [4.78, 5) is 4.96. The molecule has 0 aliphatic carbocycles. The van der Waals surface area contributed by atoms with Crippen molar-refractivity contribution < 1.29 is 9.47 Å². The maximum atomic E-state index is 5.62. The van der Waals surface area contributed by atoms with Gasteiger partial charge in [-0.15, -0.1) is 0 Å². The van der Waals surface area contributed by atoms with E-state index in [2.05, 4.69) is 41.0 Å². The van der Waals surface area contributed by atoms with Crippen molar-refractivity contribution in [3.63, 3.8) is 0 Å². The Morgan fingerprint density at radius 1 is 1.15 bits per heavy atom. The number of rotatable bonds is 6. The summed E-state index contributed by atoms with van der Waals surface area (Å²) in [5.41, 5.74) is 1.30. The lowest BCUT2D eigenvalue weighted by Gasteiger charge is -2.35. The van der Waals surface area contributed by atoms with E-state index in [1.54, 1.807) is 0 Å². The van der Waals surface area contributed by atoms with Crippen LogP contribution in [-0.4, -0.2) is 56.9 Å². The van der Waals surface area contributed by atoms with Crippen LogP contribution in [-0.2, 0) is 4.74 Å². The molecule has 0 spiro atoms. The van der Waals surface area contributed by atoms with E-state index in [1.807, 2.05) is 0 Å². The molecule has 20 heavy (non-hydrogen) atoms. The first kappa shape index (κ1) is 13.7. The largest absolute Gasteiger partial charge is 0.494 e. The molecule has 0 saturated carbocycles. The molecule has 0 amide bonds. The Morgan fingerprint density at radius 2 is 1.85 bits per heavy atom. The van der Waals surface area contributed by atoms with Gasteiger partial charge in [-0.25, -0.2) is 0 Å². The molecule has 2 aliphatic rings. The van der Waals surface area contributed by atoms with Gasteiger partial charge in [0.15, 0.2) is 0 Å². The van der Waals surface area contributed by atoms with Crippen LogP contribution in [0, 0.1) is 0 Å². The first-order valence-corrected chi connectivity index (χ1v) is 7.67. The molecule has 4 heteroatoms. The molecule has 2 fully saturated rings. The van der Waals surface area contributed by atoms with Gasteiger partial charge in [-0.2, -0.15) is 0 Å². The van der Waals surface area contributed by atoms with Crippen molar-refractivity contribution in [3.8, 4) is 5.75 Å². The molecular formula is C16H24N2O2. The van der Waals surface area contributed by atoms with Gasteiger partial charge >= 0.3 is 0 Å². The highest BCUT2D eigenvalue weighted by Gasteiger charge is 2.27. The molecule has 1 aromatic carbocycles. The summed E-state index contributed by atoms with van der Waals surface area (Å²) in [6, 6.07) is 8.50. The fraction of sp³-hybridized carbons (Fsp3) is 0.625. The van der Waals surface area contributed by atoms with E-state index in [0.717, 1.165) is 58.1 Å². The Hall–Kier alpha value is -1.26. The van der Waals surface area contributed by atoms with Gasteiger partial charge in [0.2, 0.25) is 0 Å². The number of epoxide rings is 1. The summed E-state index contributed by atoms with van der Waals surface area (Å²) in [6.07, 6.45) is 1.56. The van der Waals surface area contributed by atoms with Crippen molar-refractivity contribution in [2.45, 2.75) is 19.4 Å². The second-order valence-electron chi connectivity index (χ2n) is 5.59. The van der Waals surface area contributed by atoms with Crippen LogP contribution in [0.1, 0.15) is 13.3 Å². The number of piperazine rings is 1. The molecule has 3 rings (SSSR count). The molecule has 1 unspecified atom stereocenters. The van der Waals surface area contributed by atoms with Crippen LogP contribution < -0.4 is 9.64 Å². The molecule has 0 bridgehead atoms. The quantitative estimate of drug-likeness (QED) is 0.743. The van der Waals surface area contributed by atoms with E-state index >= 15 is 0 Å². The van der Waals surface area contributed by atoms with Gasteiger partial charge in [0.1, 0.15) is 5.75 Å². The maximum Gasteiger partial charge on any atom is 0.119 e. The number of hydrogen-bond donors (Lipinski definition) is 0. The van der Waals surface area contributed by atoms with Crippen LogP contribution in [0.4, 0.5) is 5.69 Å². The molecule has 2 heterocycles. The summed E-state index contributed by atoms with van der Waals surface area (Å²) >= 11 is 0. The zero-order valence-corrected chi connectivity index (χ0v) is 12.3. The van der Waals surface area contributed by atoms with E-state index in [4.69, 9.17) is 9.47 Å². The Bertz CT molecular complexity index is 409. The minimum Gasteiger partial charge on any atom is -0.494 e. The fourth-order valence-electron chi connectivity index (χ4n) is 2.62. The summed E-state index contributed by atoms with van der Waals surface area (Å²) < 4.78 is 10.9. The molecule has 0 aromatic heterocycles. The van der Waals surface area contributed by atoms with E-state index in [1.165, 1.54) is 5.69 Å². The van der Waals surface area contributed by atoms with Crippen LogP contribution in [0.15, 0.2) is 24.3 Å². The van der Waals surface area contributed by atoms with Crippen molar-refractivity contribution in [1.29, 1.82) is 0 Å². The van der Waals surface area contributed by atoms with Crippen molar-refractivity contribution in [2.24, 2.45) is 0 Å². The highest BCUT2D eigenvalue weighted by Crippen LogP contribution is 2.21. The highest BCUT2D eigenvalue weighted by molar-refractivity contribution is 5.49. The number of benzene rings is 1. The zero-order chi connectivity index (χ0) is 13.8. The summed E-state index contributed by atoms with van der Waals surface area (Å²) in [6.45, 7) is 9.45. The Labute approximate surface area is 121 Å². The first-order chi connectivity index (χ1) is 9.85. The van der Waals surface area contributed by atoms with Gasteiger partial charge in [-0.05, 0) is 30.7 Å². The molecule has 110 valence electrons. The van der Waals surface area contributed by atoms with E-state index in [-0.39, 0.29) is 0 Å². The predicted molar refractivity (Wildman–Crippen MR) is 80.6 cm³/mol. The van der Waals surface area contributed by atoms with Gasteiger partial charge in [0.05, 0.1) is 19.3 Å². The summed E-state index contributed by atoms with van der Waals surface area (Å²) in [5.74, 6) is 0.972. The highest BCUT2D eigenvalue weighted by atomic mass is 16.6. The monoisotopic (exact) mass is 276 g/mol. The van der Waals surface area contributed by atoms with E-state index < -0.39 is 0 Å². The third-order valence-corrected chi connectivity index (χ3v) is 3.91. The Morgan fingerprint density at radius 3 is 2.45 bits per heavy atom. The fourth-order valence-corrected chi connectivity index (χ4v) is 2.62. The summed E-state index contributed by atoms with van der Waals surface area (Å²) in [7, 11) is 0. The van der Waals surface area contributed by atoms with E-state index in [0.29, 0.717) is 6.10 Å². The smallest absolute Gasteiger partial charge is 0.119 e. The SMILES string of the molecule is CCCOc1ccc(N2CCN(CC3CO3)CC2)cc1. The van der Waals surface area contributed by atoms with Gasteiger partial charge in [-0.3, -0.25) is 4.90 Å². The van der Waals surface area contributed by atoms with Crippen LogP contribution >= 0.6 is 0 Å². The second kappa shape index (κ2) is 6.46. The maximum absolute atomic E-state index is 5.62. The van der Waals surface area contributed by atoms with Crippen molar-refractivity contribution in [3.05, 3.63) is 24.3 Å². The topological polar surface area (TPSA) is 28.2 Å². The third kappa shape index (κ3) is 3.64. The lowest BCUT2D eigenvalue weighted by atomic mass is 10.2. The molecule has 1 aromatic rings. The van der Waals surface area contributed by atoms with Gasteiger partial charge in [0.25, 0.3) is 0 Å². The third-order valence-electron chi connectivity index (χ3n) is 3.91. The first-order valence-electron chi connectivity index (χ1n) is 7.67. The van der Waals surface area contributed by atoms with Gasteiger partial charge in [0, 0.05) is 38.4 Å². The van der Waals surface area contributed by atoms with Gasteiger partial charge in [-0.1, -0.05) is 6.92 Å². The molecule has 1 atom stereocenters. The van der Waals surface area contributed by atoms with Gasteiger partial charge < -0.3 is 14.4 Å². The number of ether oxygens (including phenoxy) is 2. The Balaban J connectivity index is 1.49. The zero-order valence-electron chi connectivity index (χ0n) is 12.3. The second-order valence-corrected chi connectivity index (χ2v) is 5.59. The number of hydrogen-bond acceptors (Lipinski definition) is 4. The van der Waals surface area contributed by atoms with Crippen LogP contribution in [0.5, 0.6) is 5.75 Å². The standard InChI is InChI=1S/C16H24N2O2/c1-2-11-19-15-5-3-14(4-6-15)18-9-7-17(8-10-18)12-16-13-20-16/h3-6,16H,2,7-13H2,1H3. The Kier molecular flexibility index (Phi) is 4.43. The number of anilines is 1. The molecule has 0 radical (unpaired) electrons. The average Bonchev–Trinajstić information content (AvgIpc) is 3.31. The van der Waals surface area contributed by atoms with Crippen molar-refractivity contribution in [1.82, 2.24) is 4.90 Å². The normalized spacial score (nSPS) is 22.9. The summed E-state index contributed by atoms with van der Waals surface area (Å²) in [5, 5.41) is 0. The van der Waals surface area contributed by atoms with Crippen LogP contribution in [0.3, 0.4) is 0 Å². The lowest BCUT2D eigenvalue weighted by Crippen LogP contribution is -2.47. The lowest BCUT2D eigenvalue weighted by molar-refractivity contribution is 0.230. The predicted octanol–water partition coefficient (Wildman–Crippen LogP) is 2.00. The minimum atomic E-state index is 0.511. The van der Waals surface area contributed by atoms with Crippen LogP contribution in [0.25, 0.3) is 0 Å². The van der Waals surface area contributed by atoms with E-state index in [9.17, 15) is 0 Å². The van der Waals surface area contributed by atoms with Crippen LogP contribution in [0.2, 0.25) is 0 Å². The van der Waals surface area contributed by atoms with Crippen molar-refractivity contribution >= 4 is 5.69 Å². The number of nitrogens with zero attached hydrogens (tertiary/aromatic N) is 2. The average molecular weight is 276 g/mol. The molecule has 2 saturated heterocycles. The molecule has 2 aliphatic heterocycles. The molecular weight excluding hydrogens is 252 g/mol. The van der Waals surface area contributed by atoms with Crippen molar-refractivity contribution in [2.75, 3.05) is 50.8 Å².